The number of carbonyl (C=O) groups is 1. The van der Waals surface area contributed by atoms with Crippen molar-refractivity contribution < 1.29 is 26.4 Å². The molecule has 0 unspecified atom stereocenters. The van der Waals surface area contributed by atoms with E-state index in [4.69, 9.17) is 4.74 Å². The highest BCUT2D eigenvalue weighted by molar-refractivity contribution is 8.06. The van der Waals surface area contributed by atoms with E-state index in [0.717, 1.165) is 10.8 Å². The third kappa shape index (κ3) is 3.15. The molecule has 0 radical (unpaired) electrons. The van der Waals surface area contributed by atoms with Gasteiger partial charge < -0.3 is 4.74 Å². The maximum Gasteiger partial charge on any atom is 0.276 e. The van der Waals surface area contributed by atoms with E-state index in [1.807, 2.05) is 35.8 Å². The number of nitrogens with zero attached hydrogens (tertiary/aromatic N) is 1. The van der Waals surface area contributed by atoms with Crippen molar-refractivity contribution in [3.05, 3.63) is 66.7 Å². The smallest absolute Gasteiger partial charge is 0.276 e. The summed E-state index contributed by atoms with van der Waals surface area (Å²) in [6.45, 7) is 1.40. The molecule has 1 amide bonds. The van der Waals surface area contributed by atoms with Crippen molar-refractivity contribution in [3.63, 3.8) is 0 Å². The number of amides is 1. The highest BCUT2D eigenvalue weighted by Gasteiger charge is 2.48. The lowest BCUT2D eigenvalue weighted by atomic mass is 10.1. The fraction of sp³-hybridized carbons (Fsp3) is 0.105. The van der Waals surface area contributed by atoms with Gasteiger partial charge >= 0.3 is 0 Å². The molecule has 0 bridgehead atoms. The van der Waals surface area contributed by atoms with Crippen LogP contribution in [-0.4, -0.2) is 32.7 Å². The van der Waals surface area contributed by atoms with Crippen LogP contribution >= 0.6 is 0 Å². The first-order chi connectivity index (χ1) is 13.7. The van der Waals surface area contributed by atoms with Crippen LogP contribution in [0.1, 0.15) is 6.92 Å². The van der Waals surface area contributed by atoms with Gasteiger partial charge in [-0.3, -0.25) is 10.2 Å². The lowest BCUT2D eigenvalue weighted by Gasteiger charge is -2.19. The van der Waals surface area contributed by atoms with Gasteiger partial charge in [-0.25, -0.2) is 16.8 Å². The summed E-state index contributed by atoms with van der Waals surface area (Å²) in [7, 11) is -8.86. The molecule has 0 saturated heterocycles. The Labute approximate surface area is 167 Å². The second-order valence-corrected chi connectivity index (χ2v) is 10.1. The van der Waals surface area contributed by atoms with Crippen LogP contribution in [0.3, 0.4) is 0 Å². The van der Waals surface area contributed by atoms with Gasteiger partial charge in [-0.2, -0.15) is 0 Å². The summed E-state index contributed by atoms with van der Waals surface area (Å²) >= 11 is 0. The molecule has 0 aliphatic carbocycles. The summed E-state index contributed by atoms with van der Waals surface area (Å²) in [5, 5.41) is 1.67. The Balaban J connectivity index is 1.60. The van der Waals surface area contributed by atoms with E-state index in [0.29, 0.717) is 5.75 Å². The number of hydrazine groups is 1. The molecule has 1 heterocycles. The monoisotopic (exact) mass is 432 g/mol. The van der Waals surface area contributed by atoms with Crippen molar-refractivity contribution >= 4 is 36.7 Å². The van der Waals surface area contributed by atoms with Crippen LogP contribution in [0, 0.1) is 0 Å². The second-order valence-electron chi connectivity index (χ2n) is 6.37. The van der Waals surface area contributed by atoms with Gasteiger partial charge in [0.15, 0.2) is 6.10 Å². The zero-order chi connectivity index (χ0) is 20.8. The van der Waals surface area contributed by atoms with Gasteiger partial charge in [0, 0.05) is 9.21 Å². The molecule has 8 nitrogen and oxygen atoms in total. The first-order valence-corrected chi connectivity index (χ1v) is 11.5. The van der Waals surface area contributed by atoms with Gasteiger partial charge in [-0.15, -0.1) is 0 Å². The van der Waals surface area contributed by atoms with Gasteiger partial charge in [0.1, 0.15) is 15.5 Å². The van der Waals surface area contributed by atoms with Gasteiger partial charge in [0.2, 0.25) is 0 Å². The van der Waals surface area contributed by atoms with E-state index < -0.39 is 32.1 Å². The zero-order valence-electron chi connectivity index (χ0n) is 15.1. The Bertz CT molecular complexity index is 1280. The summed E-state index contributed by atoms with van der Waals surface area (Å²) in [4.78, 5) is 11.8. The number of fused-ring (bicyclic) bond motifs is 2. The van der Waals surface area contributed by atoms with Crippen LogP contribution in [0.4, 0.5) is 0 Å². The Morgan fingerprint density at radius 2 is 1.41 bits per heavy atom. The summed E-state index contributed by atoms with van der Waals surface area (Å²) < 4.78 is 56.0. The number of hydrogen-bond donors (Lipinski definition) is 1. The SMILES string of the molecule is C[C@@H](Oc1cccc2ccccc12)C(=O)NN1S(=O)(=O)c2ccccc2S1(=O)=O. The van der Waals surface area contributed by atoms with Crippen molar-refractivity contribution in [1.82, 2.24) is 9.25 Å². The third-order valence-electron chi connectivity index (χ3n) is 4.47. The Hall–Kier alpha value is -2.95. The first-order valence-electron chi connectivity index (χ1n) is 8.57. The van der Waals surface area contributed by atoms with Crippen molar-refractivity contribution in [2.45, 2.75) is 22.8 Å². The number of hydrogen-bond acceptors (Lipinski definition) is 6. The largest absolute Gasteiger partial charge is 0.480 e. The van der Waals surface area contributed by atoms with Crippen molar-refractivity contribution in [2.24, 2.45) is 0 Å². The first kappa shape index (κ1) is 19.4. The lowest BCUT2D eigenvalue weighted by Crippen LogP contribution is -2.50. The summed E-state index contributed by atoms with van der Waals surface area (Å²) in [6, 6.07) is 17.9. The predicted octanol–water partition coefficient (Wildman–Crippen LogP) is 2.03. The average Bonchev–Trinajstić information content (AvgIpc) is 2.86. The fourth-order valence-electron chi connectivity index (χ4n) is 3.03. The number of sulfonamides is 2. The highest BCUT2D eigenvalue weighted by Crippen LogP contribution is 2.35. The molecule has 4 rings (SSSR count). The molecule has 1 atom stereocenters. The summed E-state index contributed by atoms with van der Waals surface area (Å²) in [5.41, 5.74) is 1.97. The third-order valence-corrected chi connectivity index (χ3v) is 8.65. The number of carbonyl (C=O) groups excluding carboxylic acids is 1. The molecule has 1 aliphatic rings. The van der Waals surface area contributed by atoms with Gasteiger partial charge in [-0.1, -0.05) is 48.5 Å². The average molecular weight is 432 g/mol. The van der Waals surface area contributed by atoms with E-state index in [-0.39, 0.29) is 13.6 Å². The zero-order valence-corrected chi connectivity index (χ0v) is 16.8. The van der Waals surface area contributed by atoms with Crippen LogP contribution < -0.4 is 10.2 Å². The van der Waals surface area contributed by atoms with Crippen LogP contribution in [0.25, 0.3) is 10.8 Å². The molecule has 0 saturated carbocycles. The van der Waals surface area contributed by atoms with Gasteiger partial charge in [0.05, 0.1) is 0 Å². The minimum atomic E-state index is -4.43. The molecular formula is C19H16N2O6S2. The molecule has 29 heavy (non-hydrogen) atoms. The maximum atomic E-state index is 12.6. The van der Waals surface area contributed by atoms with Gasteiger partial charge in [-0.05, 0) is 30.5 Å². The lowest BCUT2D eigenvalue weighted by molar-refractivity contribution is -0.129. The van der Waals surface area contributed by atoms with Crippen LogP contribution in [0.15, 0.2) is 76.5 Å². The van der Waals surface area contributed by atoms with Crippen LogP contribution in [0.5, 0.6) is 5.75 Å². The van der Waals surface area contributed by atoms with Crippen LogP contribution in [-0.2, 0) is 24.8 Å². The Morgan fingerprint density at radius 3 is 2.07 bits per heavy atom. The number of benzene rings is 3. The second kappa shape index (κ2) is 6.83. The molecule has 1 N–H and O–H groups in total. The minimum Gasteiger partial charge on any atom is -0.480 e. The normalized spacial score (nSPS) is 18.1. The minimum absolute atomic E-state index is 0.00401. The maximum absolute atomic E-state index is 12.6. The van der Waals surface area contributed by atoms with E-state index in [2.05, 4.69) is 0 Å². The molecule has 3 aromatic rings. The topological polar surface area (TPSA) is 110 Å². The molecule has 0 fully saturated rings. The van der Waals surface area contributed by atoms with E-state index in [9.17, 15) is 21.6 Å². The molecule has 3 aromatic carbocycles. The highest BCUT2D eigenvalue weighted by atomic mass is 32.3. The van der Waals surface area contributed by atoms with Crippen molar-refractivity contribution in [2.75, 3.05) is 0 Å². The molecular weight excluding hydrogens is 416 g/mol. The van der Waals surface area contributed by atoms with E-state index >= 15 is 0 Å². The predicted molar refractivity (Wildman–Crippen MR) is 105 cm³/mol. The molecule has 150 valence electrons. The van der Waals surface area contributed by atoms with Crippen molar-refractivity contribution in [3.8, 4) is 5.75 Å². The summed E-state index contributed by atoms with van der Waals surface area (Å²) in [5.74, 6) is -0.501. The molecule has 10 heteroatoms. The fourth-order valence-corrected chi connectivity index (χ4v) is 7.10. The van der Waals surface area contributed by atoms with Crippen molar-refractivity contribution in [1.29, 1.82) is 0 Å². The number of rotatable bonds is 4. The Kier molecular flexibility index (Phi) is 4.56. The molecule has 0 aromatic heterocycles. The molecule has 0 spiro atoms. The van der Waals surface area contributed by atoms with Gasteiger partial charge in [0.25, 0.3) is 26.0 Å². The standard InChI is InChI=1S/C19H16N2O6S2/c1-13(27-16-10-6-8-14-7-2-3-9-15(14)16)19(22)20-21-28(23,24)17-11-4-5-12-18(17)29(21,25)26/h2-13H,1H3,(H,20,22)/t13-/m1/s1. The number of nitrogens with one attached hydrogen (secondary N) is 1. The quantitative estimate of drug-likeness (QED) is 0.676. The summed E-state index contributed by atoms with van der Waals surface area (Å²) in [6.07, 6.45) is -1.16. The van der Waals surface area contributed by atoms with E-state index in [1.165, 1.54) is 31.2 Å². The Morgan fingerprint density at radius 1 is 0.862 bits per heavy atom. The number of ether oxygens (including phenoxy) is 1. The van der Waals surface area contributed by atoms with Crippen LogP contribution in [0.2, 0.25) is 0 Å². The molecule has 1 aliphatic heterocycles. The van der Waals surface area contributed by atoms with E-state index in [1.54, 1.807) is 12.1 Å².